The Morgan fingerprint density at radius 3 is 2.64 bits per heavy atom. The van der Waals surface area contributed by atoms with Crippen molar-refractivity contribution in [1.29, 1.82) is 0 Å². The maximum atomic E-state index is 11.3. The molecule has 1 aliphatic heterocycles. The molecule has 1 aliphatic rings. The smallest absolute Gasteiger partial charge is 0.375 e. The Labute approximate surface area is 88.2 Å². The van der Waals surface area contributed by atoms with E-state index in [-0.39, 0.29) is 5.92 Å². The van der Waals surface area contributed by atoms with Gasteiger partial charge in [-0.15, -0.1) is 11.6 Å². The predicted octanol–water partition coefficient (Wildman–Crippen LogP) is 1.62. The van der Waals surface area contributed by atoms with Crippen LogP contribution in [-0.2, 0) is 9.53 Å². The fourth-order valence-electron chi connectivity index (χ4n) is 1.54. The lowest BCUT2D eigenvalue weighted by atomic mass is 10.0. The van der Waals surface area contributed by atoms with Crippen molar-refractivity contribution in [2.24, 2.45) is 5.92 Å². The summed E-state index contributed by atoms with van der Waals surface area (Å²) in [6.07, 6.45) is 0.131. The molecular weight excluding hydrogens is 206 g/mol. The number of nitrogens with zero attached hydrogens (tertiary/aromatic N) is 1. The molecule has 0 unspecified atom stereocenters. The van der Waals surface area contributed by atoms with Crippen molar-refractivity contribution in [2.45, 2.75) is 26.3 Å². The number of amides is 1. The first-order valence-corrected chi connectivity index (χ1v) is 5.19. The van der Waals surface area contributed by atoms with Crippen molar-refractivity contribution in [3.8, 4) is 0 Å². The fraction of sp³-hybridized carbons (Fsp3) is 0.778. The summed E-state index contributed by atoms with van der Waals surface area (Å²) in [7, 11) is 0. The van der Waals surface area contributed by atoms with Gasteiger partial charge < -0.3 is 4.74 Å². The van der Waals surface area contributed by atoms with Crippen molar-refractivity contribution < 1.29 is 14.3 Å². The Bertz CT molecular complexity index is 242. The third-order valence-corrected chi connectivity index (χ3v) is 2.43. The van der Waals surface area contributed by atoms with Crippen molar-refractivity contribution in [3.63, 3.8) is 0 Å². The van der Waals surface area contributed by atoms with Gasteiger partial charge in [-0.25, -0.2) is 9.59 Å². The summed E-state index contributed by atoms with van der Waals surface area (Å²) in [6, 6.07) is -0.439. The highest BCUT2D eigenvalue weighted by molar-refractivity contribution is 6.17. The SMILES string of the molecule is CC(C)[C@H]1C(=O)OC(=O)N1CCCCl. The second-order valence-electron chi connectivity index (χ2n) is 3.61. The molecule has 1 amide bonds. The van der Waals surface area contributed by atoms with Gasteiger partial charge in [0.25, 0.3) is 0 Å². The van der Waals surface area contributed by atoms with E-state index < -0.39 is 18.1 Å². The maximum Gasteiger partial charge on any atom is 0.418 e. The number of hydrogen-bond donors (Lipinski definition) is 0. The summed E-state index contributed by atoms with van der Waals surface area (Å²) in [5.41, 5.74) is 0. The third kappa shape index (κ3) is 2.18. The first kappa shape index (κ1) is 11.3. The first-order chi connectivity index (χ1) is 6.57. The Morgan fingerprint density at radius 2 is 2.14 bits per heavy atom. The second kappa shape index (κ2) is 4.64. The highest BCUT2D eigenvalue weighted by atomic mass is 35.5. The normalized spacial score (nSPS) is 22.0. The van der Waals surface area contributed by atoms with Gasteiger partial charge in [-0.2, -0.15) is 0 Å². The minimum absolute atomic E-state index is 0.0734. The molecular formula is C9H14ClNO3. The van der Waals surface area contributed by atoms with E-state index in [0.717, 1.165) is 0 Å². The van der Waals surface area contributed by atoms with Crippen molar-refractivity contribution in [3.05, 3.63) is 0 Å². The second-order valence-corrected chi connectivity index (χ2v) is 3.99. The summed E-state index contributed by atoms with van der Waals surface area (Å²) in [6.45, 7) is 4.26. The molecule has 5 heteroatoms. The Kier molecular flexibility index (Phi) is 3.75. The highest BCUT2D eigenvalue weighted by Crippen LogP contribution is 2.20. The Hall–Kier alpha value is -0.770. The number of carbonyl (C=O) groups is 2. The van der Waals surface area contributed by atoms with Crippen LogP contribution in [0.5, 0.6) is 0 Å². The maximum absolute atomic E-state index is 11.3. The van der Waals surface area contributed by atoms with Crippen molar-refractivity contribution in [1.82, 2.24) is 4.90 Å². The standard InChI is InChI=1S/C9H14ClNO3/c1-6(2)7-8(12)14-9(13)11(7)5-3-4-10/h6-7H,3-5H2,1-2H3/t7-/m0/s1. The molecule has 0 N–H and O–H groups in total. The van der Waals surface area contributed by atoms with Crippen molar-refractivity contribution in [2.75, 3.05) is 12.4 Å². The van der Waals surface area contributed by atoms with Crippen LogP contribution >= 0.6 is 11.6 Å². The molecule has 1 heterocycles. The molecule has 14 heavy (non-hydrogen) atoms. The molecule has 0 aromatic carbocycles. The van der Waals surface area contributed by atoms with E-state index in [0.29, 0.717) is 18.8 Å². The van der Waals surface area contributed by atoms with Crippen LogP contribution < -0.4 is 0 Å². The van der Waals surface area contributed by atoms with Gasteiger partial charge in [-0.1, -0.05) is 13.8 Å². The minimum Gasteiger partial charge on any atom is -0.375 e. The van der Waals surface area contributed by atoms with Gasteiger partial charge in [-0.3, -0.25) is 4.90 Å². The molecule has 4 nitrogen and oxygen atoms in total. The number of cyclic esters (lactones) is 2. The lowest BCUT2D eigenvalue weighted by Gasteiger charge is -2.21. The molecule has 1 saturated heterocycles. The lowest BCUT2D eigenvalue weighted by Crippen LogP contribution is -2.39. The molecule has 80 valence electrons. The summed E-state index contributed by atoms with van der Waals surface area (Å²) in [4.78, 5) is 24.0. The Balaban J connectivity index is 2.68. The number of carbonyl (C=O) groups excluding carboxylic acids is 2. The van der Waals surface area contributed by atoms with Crippen LogP contribution in [0.2, 0.25) is 0 Å². The summed E-state index contributed by atoms with van der Waals surface area (Å²) in [5.74, 6) is 0.104. The topological polar surface area (TPSA) is 46.6 Å². The molecule has 0 radical (unpaired) electrons. The molecule has 0 bridgehead atoms. The van der Waals surface area contributed by atoms with Gasteiger partial charge in [0.1, 0.15) is 6.04 Å². The zero-order valence-electron chi connectivity index (χ0n) is 8.33. The average molecular weight is 220 g/mol. The van der Waals surface area contributed by atoms with E-state index in [9.17, 15) is 9.59 Å². The van der Waals surface area contributed by atoms with Gasteiger partial charge in [0.2, 0.25) is 0 Å². The van der Waals surface area contributed by atoms with Crippen LogP contribution in [0.15, 0.2) is 0 Å². The molecule has 0 aliphatic carbocycles. The number of esters is 1. The van der Waals surface area contributed by atoms with Crippen LogP contribution in [0.1, 0.15) is 20.3 Å². The third-order valence-electron chi connectivity index (χ3n) is 2.16. The largest absolute Gasteiger partial charge is 0.418 e. The van der Waals surface area contributed by atoms with Gasteiger partial charge in [-0.05, 0) is 12.3 Å². The van der Waals surface area contributed by atoms with E-state index in [1.165, 1.54) is 4.90 Å². The molecule has 0 spiro atoms. The molecule has 1 fully saturated rings. The first-order valence-electron chi connectivity index (χ1n) is 4.66. The van der Waals surface area contributed by atoms with Crippen LogP contribution in [0, 0.1) is 5.92 Å². The Morgan fingerprint density at radius 1 is 1.50 bits per heavy atom. The molecule has 0 aromatic rings. The predicted molar refractivity (Wildman–Crippen MR) is 52.2 cm³/mol. The van der Waals surface area contributed by atoms with Gasteiger partial charge in [0.15, 0.2) is 0 Å². The molecule has 1 rings (SSSR count). The van der Waals surface area contributed by atoms with Crippen LogP contribution in [0.3, 0.4) is 0 Å². The zero-order valence-corrected chi connectivity index (χ0v) is 9.08. The lowest BCUT2D eigenvalue weighted by molar-refractivity contribution is -0.136. The van der Waals surface area contributed by atoms with E-state index in [4.69, 9.17) is 11.6 Å². The number of ether oxygens (including phenoxy) is 1. The highest BCUT2D eigenvalue weighted by Gasteiger charge is 2.42. The summed E-state index contributed by atoms with van der Waals surface area (Å²) < 4.78 is 4.55. The number of halogens is 1. The quantitative estimate of drug-likeness (QED) is 0.410. The van der Waals surface area contributed by atoms with E-state index in [1.807, 2.05) is 13.8 Å². The number of rotatable bonds is 4. The molecule has 1 atom stereocenters. The van der Waals surface area contributed by atoms with E-state index >= 15 is 0 Å². The van der Waals surface area contributed by atoms with Crippen LogP contribution in [-0.4, -0.2) is 35.4 Å². The van der Waals surface area contributed by atoms with Gasteiger partial charge in [0, 0.05) is 12.4 Å². The molecule has 0 aromatic heterocycles. The van der Waals surface area contributed by atoms with Gasteiger partial charge in [0.05, 0.1) is 0 Å². The number of hydrogen-bond acceptors (Lipinski definition) is 3. The number of alkyl halides is 1. The minimum atomic E-state index is -0.543. The summed E-state index contributed by atoms with van der Waals surface area (Å²) in [5, 5.41) is 0. The molecule has 0 saturated carbocycles. The monoisotopic (exact) mass is 219 g/mol. The van der Waals surface area contributed by atoms with Crippen molar-refractivity contribution >= 4 is 23.7 Å². The van der Waals surface area contributed by atoms with E-state index in [2.05, 4.69) is 4.74 Å². The van der Waals surface area contributed by atoms with Crippen LogP contribution in [0.25, 0.3) is 0 Å². The fourth-order valence-corrected chi connectivity index (χ4v) is 1.66. The van der Waals surface area contributed by atoms with Crippen LogP contribution in [0.4, 0.5) is 4.79 Å². The summed E-state index contributed by atoms with van der Waals surface area (Å²) >= 11 is 5.53. The van der Waals surface area contributed by atoms with E-state index in [1.54, 1.807) is 0 Å². The van der Waals surface area contributed by atoms with Gasteiger partial charge >= 0.3 is 12.1 Å². The average Bonchev–Trinajstić information content (AvgIpc) is 2.37. The zero-order chi connectivity index (χ0) is 10.7.